The Hall–Kier alpha value is -1.56. The minimum atomic E-state index is -0.384. The summed E-state index contributed by atoms with van der Waals surface area (Å²) in [7, 11) is 0. The smallest absolute Gasteiger partial charge is 0.182 e. The number of carbonyl (C=O) groups is 2. The zero-order valence-electron chi connectivity index (χ0n) is 18.5. The van der Waals surface area contributed by atoms with Gasteiger partial charge in [0.25, 0.3) is 0 Å². The fraction of sp³-hybridized carbons (Fsp3) is 0.680. The van der Waals surface area contributed by atoms with Gasteiger partial charge >= 0.3 is 0 Å². The Morgan fingerprint density at radius 2 is 2.03 bits per heavy atom. The summed E-state index contributed by atoms with van der Waals surface area (Å²) in [5, 5.41) is 19.4. The summed E-state index contributed by atoms with van der Waals surface area (Å²) in [4.78, 5) is 26.0. The van der Waals surface area contributed by atoms with Crippen LogP contribution in [0.1, 0.15) is 59.8 Å². The summed E-state index contributed by atoms with van der Waals surface area (Å²) in [5.41, 5.74) is 2.25. The first-order chi connectivity index (χ1) is 14.1. The summed E-state index contributed by atoms with van der Waals surface area (Å²) in [6, 6.07) is 0. The van der Waals surface area contributed by atoms with Gasteiger partial charge in [-0.15, -0.1) is 0 Å². The molecule has 0 aromatic carbocycles. The molecule has 2 fully saturated rings. The van der Waals surface area contributed by atoms with Crippen molar-refractivity contribution in [1.29, 1.82) is 0 Å². The molecule has 1 heterocycles. The highest BCUT2D eigenvalue weighted by molar-refractivity contribution is 6.14. The number of Topliss-reactive ketones (excluding diaryl/α,β-unsaturated/α-hetero) is 1. The molecule has 5 nitrogen and oxygen atoms in total. The molecule has 30 heavy (non-hydrogen) atoms. The number of aliphatic hydroxyl groups is 2. The second-order valence-electron chi connectivity index (χ2n) is 10.3. The maximum Gasteiger partial charge on any atom is 0.182 e. The molecule has 164 valence electrons. The van der Waals surface area contributed by atoms with Crippen LogP contribution in [0.15, 0.2) is 34.4 Å². The monoisotopic (exact) mass is 414 g/mol. The molecule has 0 aromatic rings. The summed E-state index contributed by atoms with van der Waals surface area (Å²) in [6.07, 6.45) is 7.49. The lowest BCUT2D eigenvalue weighted by molar-refractivity contribution is -0.127. The number of allylic oxidation sites excluding steroid dienone is 3. The van der Waals surface area contributed by atoms with Gasteiger partial charge in [-0.25, -0.2) is 0 Å². The topological polar surface area (TPSA) is 83.8 Å². The zero-order valence-corrected chi connectivity index (χ0v) is 18.5. The van der Waals surface area contributed by atoms with Gasteiger partial charge in [0.1, 0.15) is 0 Å². The lowest BCUT2D eigenvalue weighted by Crippen LogP contribution is -2.46. The Bertz CT molecular complexity index is 865. The largest absolute Gasteiger partial charge is 0.392 e. The minimum absolute atomic E-state index is 0.0234. The van der Waals surface area contributed by atoms with Crippen LogP contribution in [-0.2, 0) is 14.3 Å². The number of aliphatic hydroxyl groups excluding tert-OH is 2. The third-order valence-electron chi connectivity index (χ3n) is 8.43. The van der Waals surface area contributed by atoms with Gasteiger partial charge in [0.05, 0.1) is 24.9 Å². The van der Waals surface area contributed by atoms with Crippen LogP contribution in [0.3, 0.4) is 0 Å². The predicted molar refractivity (Wildman–Crippen MR) is 114 cm³/mol. The highest BCUT2D eigenvalue weighted by Gasteiger charge is 2.62. The van der Waals surface area contributed by atoms with Gasteiger partial charge in [0.15, 0.2) is 11.6 Å². The van der Waals surface area contributed by atoms with Crippen LogP contribution in [0.5, 0.6) is 0 Å². The van der Waals surface area contributed by atoms with Crippen molar-refractivity contribution < 1.29 is 24.5 Å². The maximum atomic E-state index is 13.3. The van der Waals surface area contributed by atoms with Gasteiger partial charge in [0.2, 0.25) is 0 Å². The van der Waals surface area contributed by atoms with Crippen molar-refractivity contribution in [2.75, 3.05) is 13.2 Å². The van der Waals surface area contributed by atoms with Crippen LogP contribution in [0.4, 0.5) is 0 Å². The third-order valence-corrected chi connectivity index (χ3v) is 8.43. The first-order valence-electron chi connectivity index (χ1n) is 11.2. The van der Waals surface area contributed by atoms with Gasteiger partial charge in [-0.1, -0.05) is 25.5 Å². The molecular formula is C25H34O5. The molecule has 0 amide bonds. The number of carbonyl (C=O) groups excluding carboxylic acids is 2. The Morgan fingerprint density at radius 1 is 1.30 bits per heavy atom. The van der Waals surface area contributed by atoms with Crippen molar-refractivity contribution in [3.8, 4) is 0 Å². The molecule has 2 N–H and O–H groups in total. The molecule has 4 aliphatic rings. The minimum Gasteiger partial charge on any atom is -0.392 e. The fourth-order valence-corrected chi connectivity index (χ4v) is 6.78. The Kier molecular flexibility index (Phi) is 5.44. The molecule has 1 spiro atoms. The van der Waals surface area contributed by atoms with Crippen molar-refractivity contribution in [2.24, 2.45) is 23.2 Å². The molecule has 0 aromatic heterocycles. The second kappa shape index (κ2) is 7.54. The molecule has 4 rings (SSSR count). The van der Waals surface area contributed by atoms with Crippen molar-refractivity contribution in [3.05, 3.63) is 34.4 Å². The van der Waals surface area contributed by atoms with Gasteiger partial charge in [0, 0.05) is 29.4 Å². The maximum absolute atomic E-state index is 13.3. The Labute approximate surface area is 178 Å². The van der Waals surface area contributed by atoms with E-state index in [1.54, 1.807) is 6.08 Å². The zero-order chi connectivity index (χ0) is 21.8. The lowest BCUT2D eigenvalue weighted by Gasteiger charge is -2.44. The SMILES string of the molecule is CC1=CC(=O)/C2=C(\CO)C(=O)C[C@@H]3[C@](C)(CC[C@@]34O[C@@H](/C=C(\C)CO)C[C@@H]4C)C[C@H]12. The molecule has 1 saturated carbocycles. The van der Waals surface area contributed by atoms with E-state index in [4.69, 9.17) is 4.74 Å². The van der Waals surface area contributed by atoms with E-state index in [0.29, 0.717) is 23.5 Å². The second-order valence-corrected chi connectivity index (χ2v) is 10.3. The standard InChI is InChI=1S/C25H34O5/c1-14(12-26)7-17-9-16(3)25(30-17)6-5-24(4)11-18-15(2)8-21(29)23(18)19(13-27)20(28)10-22(24)25/h7-8,16-18,22,26-27H,5-6,9-13H2,1-4H3/b14-7+,23-19+/t16-,17-,18+,22+,24+,25-/m0/s1. The molecule has 0 unspecified atom stereocenters. The average Bonchev–Trinajstić information content (AvgIpc) is 3.24. The summed E-state index contributed by atoms with van der Waals surface area (Å²) in [5.74, 6) is 0.0435. The first-order valence-corrected chi connectivity index (χ1v) is 11.2. The van der Waals surface area contributed by atoms with Crippen molar-refractivity contribution in [2.45, 2.75) is 71.5 Å². The highest BCUT2D eigenvalue weighted by atomic mass is 16.5. The first kappa shape index (κ1) is 21.7. The Balaban J connectivity index is 1.74. The van der Waals surface area contributed by atoms with E-state index >= 15 is 0 Å². The van der Waals surface area contributed by atoms with Crippen molar-refractivity contribution in [1.82, 2.24) is 0 Å². The molecule has 1 saturated heterocycles. The van der Waals surface area contributed by atoms with Crippen molar-refractivity contribution >= 4 is 11.6 Å². The van der Waals surface area contributed by atoms with E-state index < -0.39 is 0 Å². The number of rotatable bonds is 3. The van der Waals surface area contributed by atoms with E-state index in [2.05, 4.69) is 13.8 Å². The van der Waals surface area contributed by atoms with Crippen LogP contribution in [-0.4, -0.2) is 46.7 Å². The number of ether oxygens (including phenoxy) is 1. The van der Waals surface area contributed by atoms with Crippen molar-refractivity contribution in [3.63, 3.8) is 0 Å². The van der Waals surface area contributed by atoms with E-state index in [-0.39, 0.29) is 53.7 Å². The normalized spacial score (nSPS) is 44.2. The van der Waals surface area contributed by atoms with Crippen LogP contribution in [0.2, 0.25) is 0 Å². The summed E-state index contributed by atoms with van der Waals surface area (Å²) >= 11 is 0. The summed E-state index contributed by atoms with van der Waals surface area (Å²) < 4.78 is 6.70. The lowest BCUT2D eigenvalue weighted by atomic mass is 9.63. The Morgan fingerprint density at radius 3 is 2.70 bits per heavy atom. The third kappa shape index (κ3) is 3.17. The quantitative estimate of drug-likeness (QED) is 0.693. The van der Waals surface area contributed by atoms with E-state index in [0.717, 1.165) is 36.8 Å². The van der Waals surface area contributed by atoms with Gasteiger partial charge in [-0.05, 0) is 62.5 Å². The van der Waals surface area contributed by atoms with Gasteiger partial charge in [-0.3, -0.25) is 9.59 Å². The number of hydrogen-bond acceptors (Lipinski definition) is 5. The number of ketones is 2. The molecule has 6 atom stereocenters. The van der Waals surface area contributed by atoms with E-state index in [9.17, 15) is 19.8 Å². The van der Waals surface area contributed by atoms with E-state index in [1.165, 1.54) is 0 Å². The van der Waals surface area contributed by atoms with Crippen LogP contribution >= 0.6 is 0 Å². The number of hydrogen-bond donors (Lipinski definition) is 2. The summed E-state index contributed by atoms with van der Waals surface area (Å²) in [6.45, 7) is 7.99. The van der Waals surface area contributed by atoms with Crippen LogP contribution < -0.4 is 0 Å². The fourth-order valence-electron chi connectivity index (χ4n) is 6.78. The van der Waals surface area contributed by atoms with E-state index in [1.807, 2.05) is 19.9 Å². The molecule has 1 aliphatic heterocycles. The predicted octanol–water partition coefficient (Wildman–Crippen LogP) is 3.30. The van der Waals surface area contributed by atoms with Gasteiger partial charge in [-0.2, -0.15) is 0 Å². The van der Waals surface area contributed by atoms with Gasteiger partial charge < -0.3 is 14.9 Å². The highest BCUT2D eigenvalue weighted by Crippen LogP contribution is 2.63. The molecule has 5 heteroatoms. The number of fused-ring (bicyclic) bond motifs is 3. The molecular weight excluding hydrogens is 380 g/mol. The molecule has 0 radical (unpaired) electrons. The van der Waals surface area contributed by atoms with Crippen LogP contribution in [0, 0.1) is 23.2 Å². The van der Waals surface area contributed by atoms with Crippen LogP contribution in [0.25, 0.3) is 0 Å². The molecule has 3 aliphatic carbocycles. The molecule has 0 bridgehead atoms. The average molecular weight is 415 g/mol.